The maximum Gasteiger partial charge on any atom is 0.307 e. The highest BCUT2D eigenvalue weighted by Gasteiger charge is 2.38. The Kier molecular flexibility index (Phi) is 3.68. The number of aryl methyl sites for hydroxylation is 1. The molecule has 2 heterocycles. The number of fused-ring (bicyclic) bond motifs is 1. The number of hydrogen-bond donors (Lipinski definition) is 1. The van der Waals surface area contributed by atoms with Gasteiger partial charge in [-0.05, 0) is 25.0 Å². The number of carbonyl (C=O) groups is 1. The summed E-state index contributed by atoms with van der Waals surface area (Å²) in [6.45, 7) is 2.31. The Hall–Kier alpha value is -1.89. The number of amides is 1. The lowest BCUT2D eigenvalue weighted by Crippen LogP contribution is -2.29. The molecule has 1 N–H and O–H groups in total. The van der Waals surface area contributed by atoms with Gasteiger partial charge in [0.1, 0.15) is 5.25 Å². The van der Waals surface area contributed by atoms with Crippen molar-refractivity contribution < 1.29 is 17.1 Å². The summed E-state index contributed by atoms with van der Waals surface area (Å²) in [5.41, 5.74) is 3.17. The first-order valence-electron chi connectivity index (χ1n) is 7.13. The average Bonchev–Trinajstić information content (AvgIpc) is 2.96. The number of nitrogens with one attached hydrogen (secondary N) is 1. The second-order valence-electron chi connectivity index (χ2n) is 5.67. The zero-order chi connectivity index (χ0) is 15.9. The molecule has 1 atom stereocenters. The molecule has 3 rings (SSSR count). The van der Waals surface area contributed by atoms with Crippen molar-refractivity contribution in [2.45, 2.75) is 25.0 Å². The fourth-order valence-corrected chi connectivity index (χ4v) is 3.74. The number of nitrogens with zero attached hydrogens (tertiary/aromatic N) is 1. The van der Waals surface area contributed by atoms with Crippen LogP contribution in [0, 0.1) is 6.92 Å². The fraction of sp³-hybridized carbons (Fsp3) is 0.400. The Bertz CT molecular complexity index is 828. The number of aromatic amines is 1. The van der Waals surface area contributed by atoms with Crippen molar-refractivity contribution in [3.63, 3.8) is 0 Å². The lowest BCUT2D eigenvalue weighted by atomic mass is 10.1. The highest BCUT2D eigenvalue weighted by Crippen LogP contribution is 2.24. The summed E-state index contributed by atoms with van der Waals surface area (Å²) in [5, 5.41) is -0.120. The molecule has 2 aromatic rings. The van der Waals surface area contributed by atoms with Gasteiger partial charge in [-0.3, -0.25) is 4.79 Å². The normalized spacial score (nSPS) is 19.3. The van der Waals surface area contributed by atoms with Gasteiger partial charge in [0.2, 0.25) is 5.91 Å². The second-order valence-corrected chi connectivity index (χ2v) is 7.28. The third-order valence-corrected chi connectivity index (χ3v) is 5.35. The van der Waals surface area contributed by atoms with E-state index in [1.807, 2.05) is 31.2 Å². The Labute approximate surface area is 128 Å². The van der Waals surface area contributed by atoms with Gasteiger partial charge in [0, 0.05) is 36.1 Å². The fourth-order valence-electron chi connectivity index (χ4n) is 3.04. The van der Waals surface area contributed by atoms with E-state index in [2.05, 4.69) is 4.98 Å². The van der Waals surface area contributed by atoms with E-state index in [1.165, 1.54) is 4.90 Å². The molecule has 0 spiro atoms. The van der Waals surface area contributed by atoms with Crippen LogP contribution in [0.15, 0.2) is 24.3 Å². The van der Waals surface area contributed by atoms with Gasteiger partial charge in [0.25, 0.3) is 0 Å². The number of aromatic nitrogens is 1. The molecule has 22 heavy (non-hydrogen) atoms. The quantitative estimate of drug-likeness (QED) is 0.874. The second kappa shape index (κ2) is 5.39. The smallest absolute Gasteiger partial charge is 0.307 e. The number of halogens is 1. The minimum atomic E-state index is -4.65. The van der Waals surface area contributed by atoms with E-state index >= 15 is 0 Å². The Balaban J connectivity index is 1.75. The van der Waals surface area contributed by atoms with Crippen LogP contribution in [-0.4, -0.2) is 42.5 Å². The zero-order valence-electron chi connectivity index (χ0n) is 12.2. The van der Waals surface area contributed by atoms with Crippen LogP contribution in [0.4, 0.5) is 3.89 Å². The highest BCUT2D eigenvalue weighted by atomic mass is 32.3. The molecular weight excluding hydrogens is 307 g/mol. The predicted octanol–water partition coefficient (Wildman–Crippen LogP) is 1.92. The molecule has 1 aromatic heterocycles. The summed E-state index contributed by atoms with van der Waals surface area (Å²) in [6.07, 6.45) is 0.354. The SMILES string of the molecule is Cc1[nH]c2ccccc2c1CCN1CC(S(=O)(=O)F)CC1=O. The van der Waals surface area contributed by atoms with E-state index in [4.69, 9.17) is 0 Å². The molecule has 0 saturated carbocycles. The molecule has 1 fully saturated rings. The van der Waals surface area contributed by atoms with Crippen molar-refractivity contribution in [3.05, 3.63) is 35.5 Å². The van der Waals surface area contributed by atoms with Crippen LogP contribution >= 0.6 is 0 Å². The van der Waals surface area contributed by atoms with E-state index in [-0.39, 0.29) is 18.9 Å². The maximum absolute atomic E-state index is 13.0. The van der Waals surface area contributed by atoms with Crippen LogP contribution in [0.5, 0.6) is 0 Å². The van der Waals surface area contributed by atoms with Crippen molar-refractivity contribution in [2.75, 3.05) is 13.1 Å². The summed E-state index contributed by atoms with van der Waals surface area (Å²) in [6, 6.07) is 7.89. The molecule has 0 aliphatic carbocycles. The summed E-state index contributed by atoms with van der Waals surface area (Å²) < 4.78 is 34.9. The molecular formula is C15H17FN2O3S. The van der Waals surface area contributed by atoms with Gasteiger partial charge >= 0.3 is 10.2 Å². The molecule has 1 saturated heterocycles. The average molecular weight is 324 g/mol. The number of para-hydroxylation sites is 1. The minimum Gasteiger partial charge on any atom is -0.358 e. The van der Waals surface area contributed by atoms with E-state index in [0.29, 0.717) is 13.0 Å². The first-order valence-corrected chi connectivity index (χ1v) is 8.58. The molecule has 7 heteroatoms. The van der Waals surface area contributed by atoms with Crippen molar-refractivity contribution in [1.82, 2.24) is 9.88 Å². The van der Waals surface area contributed by atoms with Crippen LogP contribution in [0.1, 0.15) is 17.7 Å². The van der Waals surface area contributed by atoms with Gasteiger partial charge in [-0.15, -0.1) is 3.89 Å². The molecule has 1 aliphatic rings. The molecule has 1 amide bonds. The third-order valence-electron chi connectivity index (χ3n) is 4.24. The number of benzene rings is 1. The zero-order valence-corrected chi connectivity index (χ0v) is 13.0. The van der Waals surface area contributed by atoms with Gasteiger partial charge in [0.05, 0.1) is 0 Å². The van der Waals surface area contributed by atoms with Gasteiger partial charge in [-0.1, -0.05) is 18.2 Å². The number of carbonyl (C=O) groups excluding carboxylic acids is 1. The van der Waals surface area contributed by atoms with E-state index < -0.39 is 15.5 Å². The molecule has 118 valence electrons. The van der Waals surface area contributed by atoms with Crippen molar-refractivity contribution in [2.24, 2.45) is 0 Å². The molecule has 5 nitrogen and oxygen atoms in total. The molecule has 0 bridgehead atoms. The highest BCUT2D eigenvalue weighted by molar-refractivity contribution is 7.87. The van der Waals surface area contributed by atoms with Crippen LogP contribution in [0.2, 0.25) is 0 Å². The summed E-state index contributed by atoms with van der Waals surface area (Å²) >= 11 is 0. The predicted molar refractivity (Wildman–Crippen MR) is 81.8 cm³/mol. The standard InChI is InChI=1S/C15H17FN2O3S/c1-10-12(13-4-2-3-5-14(13)17-10)6-7-18-9-11(8-15(18)19)22(16,20)21/h2-5,11,17H,6-9H2,1H3. The van der Waals surface area contributed by atoms with Gasteiger partial charge in [-0.2, -0.15) is 8.42 Å². The third kappa shape index (κ3) is 2.72. The van der Waals surface area contributed by atoms with Gasteiger partial charge in [-0.25, -0.2) is 0 Å². The van der Waals surface area contributed by atoms with Gasteiger partial charge in [0.15, 0.2) is 0 Å². The minimum absolute atomic E-state index is 0.0565. The maximum atomic E-state index is 13.0. The monoisotopic (exact) mass is 324 g/mol. The van der Waals surface area contributed by atoms with Crippen LogP contribution in [0.3, 0.4) is 0 Å². The summed E-state index contributed by atoms with van der Waals surface area (Å²) in [5.74, 6) is -0.302. The molecule has 1 unspecified atom stereocenters. The van der Waals surface area contributed by atoms with Crippen molar-refractivity contribution >= 4 is 27.0 Å². The van der Waals surface area contributed by atoms with Crippen LogP contribution in [-0.2, 0) is 21.4 Å². The lowest BCUT2D eigenvalue weighted by molar-refractivity contribution is -0.127. The molecule has 1 aromatic carbocycles. The number of likely N-dealkylation sites (tertiary alicyclic amines) is 1. The lowest BCUT2D eigenvalue weighted by Gasteiger charge is -2.15. The van der Waals surface area contributed by atoms with E-state index in [1.54, 1.807) is 0 Å². The number of H-pyrrole nitrogens is 1. The Morgan fingerprint density at radius 2 is 2.09 bits per heavy atom. The summed E-state index contributed by atoms with van der Waals surface area (Å²) in [4.78, 5) is 16.5. The van der Waals surface area contributed by atoms with E-state index in [9.17, 15) is 17.1 Å². The van der Waals surface area contributed by atoms with E-state index in [0.717, 1.165) is 22.2 Å². The molecule has 1 aliphatic heterocycles. The Morgan fingerprint density at radius 1 is 1.36 bits per heavy atom. The van der Waals surface area contributed by atoms with Crippen LogP contribution < -0.4 is 0 Å². The molecule has 0 radical (unpaired) electrons. The topological polar surface area (TPSA) is 70.2 Å². The van der Waals surface area contributed by atoms with Crippen LogP contribution in [0.25, 0.3) is 10.9 Å². The van der Waals surface area contributed by atoms with Crippen molar-refractivity contribution in [1.29, 1.82) is 0 Å². The largest absolute Gasteiger partial charge is 0.358 e. The van der Waals surface area contributed by atoms with Gasteiger partial charge < -0.3 is 9.88 Å². The summed E-state index contributed by atoms with van der Waals surface area (Å²) in [7, 11) is -4.65. The van der Waals surface area contributed by atoms with Crippen molar-refractivity contribution in [3.8, 4) is 0 Å². The first kappa shape index (κ1) is 15.0. The number of rotatable bonds is 4. The first-order chi connectivity index (χ1) is 10.4. The number of hydrogen-bond acceptors (Lipinski definition) is 3. The Morgan fingerprint density at radius 3 is 2.77 bits per heavy atom.